The molecule has 1 atom stereocenters. The Balaban J connectivity index is 1.94. The third-order valence-corrected chi connectivity index (χ3v) is 4.12. The molecule has 3 amide bonds. The van der Waals surface area contributed by atoms with Crippen molar-refractivity contribution in [3.05, 3.63) is 34.4 Å². The van der Waals surface area contributed by atoms with Crippen LogP contribution in [-0.2, 0) is 16.1 Å². The van der Waals surface area contributed by atoms with Crippen LogP contribution in [0.15, 0.2) is 12.1 Å². The fourth-order valence-electron chi connectivity index (χ4n) is 2.97. The summed E-state index contributed by atoms with van der Waals surface area (Å²) in [6.45, 7) is 2.06. The number of nitrogens with zero attached hydrogens (tertiary/aromatic N) is 1. The number of piperidine rings is 1. The SMILES string of the molecule is Cc1c(C=O)ccc2c1C(=O)N(C1CCC(=O)NC1=O)C2. The molecule has 3 rings (SSSR count). The summed E-state index contributed by atoms with van der Waals surface area (Å²) in [6.07, 6.45) is 1.29. The van der Waals surface area contributed by atoms with Crippen molar-refractivity contribution in [2.24, 2.45) is 0 Å². The molecule has 1 aromatic rings. The molecular formula is C15H14N2O4. The van der Waals surface area contributed by atoms with Crippen LogP contribution in [0.4, 0.5) is 0 Å². The summed E-state index contributed by atoms with van der Waals surface area (Å²) < 4.78 is 0. The molecule has 108 valence electrons. The van der Waals surface area contributed by atoms with E-state index in [1.165, 1.54) is 4.90 Å². The Labute approximate surface area is 121 Å². The van der Waals surface area contributed by atoms with E-state index in [9.17, 15) is 19.2 Å². The van der Waals surface area contributed by atoms with Crippen LogP contribution in [0.25, 0.3) is 0 Å². The zero-order chi connectivity index (χ0) is 15.1. The van der Waals surface area contributed by atoms with Gasteiger partial charge in [0.15, 0.2) is 0 Å². The lowest BCUT2D eigenvalue weighted by Gasteiger charge is -2.29. The molecule has 0 bridgehead atoms. The van der Waals surface area contributed by atoms with Crippen LogP contribution >= 0.6 is 0 Å². The minimum Gasteiger partial charge on any atom is -0.322 e. The fourth-order valence-corrected chi connectivity index (χ4v) is 2.97. The summed E-state index contributed by atoms with van der Waals surface area (Å²) in [5, 5.41) is 2.26. The Kier molecular flexibility index (Phi) is 3.08. The third-order valence-electron chi connectivity index (χ3n) is 4.12. The quantitative estimate of drug-likeness (QED) is 0.636. The van der Waals surface area contributed by atoms with Gasteiger partial charge in [0.25, 0.3) is 5.91 Å². The Bertz CT molecular complexity index is 680. The first-order valence-corrected chi connectivity index (χ1v) is 6.75. The van der Waals surface area contributed by atoms with Crippen molar-refractivity contribution in [2.75, 3.05) is 0 Å². The van der Waals surface area contributed by atoms with Gasteiger partial charge in [0, 0.05) is 24.1 Å². The van der Waals surface area contributed by atoms with E-state index >= 15 is 0 Å². The number of rotatable bonds is 2. The molecule has 1 aromatic carbocycles. The summed E-state index contributed by atoms with van der Waals surface area (Å²) in [4.78, 5) is 48.1. The van der Waals surface area contributed by atoms with Gasteiger partial charge < -0.3 is 4.90 Å². The van der Waals surface area contributed by atoms with Crippen molar-refractivity contribution in [3.63, 3.8) is 0 Å². The highest BCUT2D eigenvalue weighted by molar-refractivity contribution is 6.06. The first kappa shape index (κ1) is 13.5. The van der Waals surface area contributed by atoms with Gasteiger partial charge in [-0.1, -0.05) is 12.1 Å². The van der Waals surface area contributed by atoms with Crippen LogP contribution in [0.3, 0.4) is 0 Å². The molecular weight excluding hydrogens is 272 g/mol. The molecule has 2 aliphatic heterocycles. The number of amides is 3. The van der Waals surface area contributed by atoms with Gasteiger partial charge in [-0.25, -0.2) is 0 Å². The minimum atomic E-state index is -0.623. The van der Waals surface area contributed by atoms with Crippen LogP contribution in [0.5, 0.6) is 0 Å². The van der Waals surface area contributed by atoms with Crippen LogP contribution in [0.1, 0.15) is 44.7 Å². The second-order valence-corrected chi connectivity index (χ2v) is 5.33. The standard InChI is InChI=1S/C15H14N2O4/c1-8-10(7-18)3-2-9-6-17(15(21)13(8)9)11-4-5-12(19)16-14(11)20/h2-3,7,11H,4-6H2,1H3,(H,16,19,20). The molecule has 0 aliphatic carbocycles. The number of carbonyl (C=O) groups excluding carboxylic acids is 4. The van der Waals surface area contributed by atoms with Crippen molar-refractivity contribution in [1.82, 2.24) is 10.2 Å². The topological polar surface area (TPSA) is 83.6 Å². The summed E-state index contributed by atoms with van der Waals surface area (Å²) >= 11 is 0. The van der Waals surface area contributed by atoms with E-state index < -0.39 is 11.9 Å². The Morgan fingerprint density at radius 2 is 2.05 bits per heavy atom. The monoisotopic (exact) mass is 286 g/mol. The summed E-state index contributed by atoms with van der Waals surface area (Å²) in [6, 6.07) is 2.81. The van der Waals surface area contributed by atoms with Gasteiger partial charge in [0.1, 0.15) is 12.3 Å². The summed E-state index contributed by atoms with van der Waals surface area (Å²) in [7, 11) is 0. The van der Waals surface area contributed by atoms with Gasteiger partial charge in [-0.15, -0.1) is 0 Å². The van der Waals surface area contributed by atoms with Crippen LogP contribution in [0, 0.1) is 6.92 Å². The van der Waals surface area contributed by atoms with Crippen molar-refractivity contribution in [3.8, 4) is 0 Å². The molecule has 21 heavy (non-hydrogen) atoms. The molecule has 1 saturated heterocycles. The minimum absolute atomic E-state index is 0.231. The maximum absolute atomic E-state index is 12.6. The highest BCUT2D eigenvalue weighted by Crippen LogP contribution is 2.30. The third kappa shape index (κ3) is 2.03. The largest absolute Gasteiger partial charge is 0.322 e. The van der Waals surface area contributed by atoms with Crippen LogP contribution < -0.4 is 5.32 Å². The van der Waals surface area contributed by atoms with Crippen molar-refractivity contribution in [1.29, 1.82) is 0 Å². The Morgan fingerprint density at radius 3 is 2.71 bits per heavy atom. The molecule has 2 aliphatic rings. The second-order valence-electron chi connectivity index (χ2n) is 5.33. The lowest BCUT2D eigenvalue weighted by Crippen LogP contribution is -2.52. The normalized spacial score (nSPS) is 21.3. The number of imide groups is 1. The number of hydrogen-bond acceptors (Lipinski definition) is 4. The van der Waals surface area contributed by atoms with Gasteiger partial charge in [-0.3, -0.25) is 24.5 Å². The lowest BCUT2D eigenvalue weighted by atomic mass is 9.99. The van der Waals surface area contributed by atoms with Crippen molar-refractivity contribution < 1.29 is 19.2 Å². The van der Waals surface area contributed by atoms with E-state index in [0.717, 1.165) is 11.8 Å². The highest BCUT2D eigenvalue weighted by atomic mass is 16.2. The smallest absolute Gasteiger partial charge is 0.255 e. The van der Waals surface area contributed by atoms with E-state index in [4.69, 9.17) is 0 Å². The molecule has 0 spiro atoms. The highest BCUT2D eigenvalue weighted by Gasteiger charge is 2.39. The van der Waals surface area contributed by atoms with Gasteiger partial charge >= 0.3 is 0 Å². The predicted molar refractivity (Wildman–Crippen MR) is 72.6 cm³/mol. The molecule has 0 saturated carbocycles. The first-order valence-electron chi connectivity index (χ1n) is 6.75. The molecule has 1 unspecified atom stereocenters. The molecule has 2 heterocycles. The van der Waals surface area contributed by atoms with Crippen LogP contribution in [0.2, 0.25) is 0 Å². The summed E-state index contributed by atoms with van der Waals surface area (Å²) in [5.74, 6) is -0.985. The number of benzene rings is 1. The maximum Gasteiger partial charge on any atom is 0.255 e. The lowest BCUT2D eigenvalue weighted by molar-refractivity contribution is -0.136. The van der Waals surface area contributed by atoms with Gasteiger partial charge in [0.2, 0.25) is 11.8 Å². The van der Waals surface area contributed by atoms with Crippen LogP contribution in [-0.4, -0.2) is 34.9 Å². The molecule has 6 nitrogen and oxygen atoms in total. The second kappa shape index (κ2) is 4.80. The molecule has 1 N–H and O–H groups in total. The predicted octanol–water partition coefficient (Wildman–Crippen LogP) is 0.569. The Hall–Kier alpha value is -2.50. The Morgan fingerprint density at radius 1 is 1.29 bits per heavy atom. The van der Waals surface area contributed by atoms with Crippen molar-refractivity contribution in [2.45, 2.75) is 32.4 Å². The van der Waals surface area contributed by atoms with E-state index in [0.29, 0.717) is 29.7 Å². The van der Waals surface area contributed by atoms with E-state index in [2.05, 4.69) is 5.32 Å². The maximum atomic E-state index is 12.6. The number of nitrogens with one attached hydrogen (secondary N) is 1. The zero-order valence-corrected chi connectivity index (χ0v) is 11.5. The fraction of sp³-hybridized carbons (Fsp3) is 0.333. The van der Waals surface area contributed by atoms with Gasteiger partial charge in [-0.05, 0) is 24.5 Å². The molecule has 0 aromatic heterocycles. The average molecular weight is 286 g/mol. The van der Waals surface area contributed by atoms with Gasteiger partial charge in [0.05, 0.1) is 0 Å². The molecule has 1 fully saturated rings. The molecule has 6 heteroatoms. The number of carbonyl (C=O) groups is 4. The van der Waals surface area contributed by atoms with E-state index in [1.54, 1.807) is 19.1 Å². The van der Waals surface area contributed by atoms with Gasteiger partial charge in [-0.2, -0.15) is 0 Å². The van der Waals surface area contributed by atoms with Crippen molar-refractivity contribution >= 4 is 24.0 Å². The van der Waals surface area contributed by atoms with E-state index in [-0.39, 0.29) is 18.2 Å². The number of fused-ring (bicyclic) bond motifs is 1. The summed E-state index contributed by atoms with van der Waals surface area (Å²) in [5.41, 5.74) is 2.44. The molecule has 0 radical (unpaired) electrons. The number of hydrogen-bond donors (Lipinski definition) is 1. The van der Waals surface area contributed by atoms with E-state index in [1.807, 2.05) is 0 Å². The first-order chi connectivity index (χ1) is 10.0. The number of aldehydes is 1. The average Bonchev–Trinajstić information content (AvgIpc) is 2.77. The zero-order valence-electron chi connectivity index (χ0n) is 11.5.